The van der Waals surface area contributed by atoms with E-state index in [1.165, 1.54) is 0 Å². The second-order valence-electron chi connectivity index (χ2n) is 4.29. The molecule has 3 heteroatoms. The fraction of sp³-hybridized carbons (Fsp3) is 0.267. The summed E-state index contributed by atoms with van der Waals surface area (Å²) in [6.07, 6.45) is 3.88. The van der Waals surface area contributed by atoms with Crippen LogP contribution in [0.15, 0.2) is 40.9 Å². The first kappa shape index (κ1) is 11.1. The summed E-state index contributed by atoms with van der Waals surface area (Å²) in [5.74, 6) is 0.672. The van der Waals surface area contributed by atoms with Gasteiger partial charge in [-0.05, 0) is 12.5 Å². The van der Waals surface area contributed by atoms with E-state index >= 15 is 0 Å². The highest BCUT2D eigenvalue weighted by atomic mass is 16.5. The Labute approximate surface area is 105 Å². The molecule has 0 aliphatic carbocycles. The van der Waals surface area contributed by atoms with E-state index < -0.39 is 0 Å². The van der Waals surface area contributed by atoms with Crippen LogP contribution >= 0.6 is 0 Å². The van der Waals surface area contributed by atoms with Crippen molar-refractivity contribution in [3.63, 3.8) is 0 Å². The van der Waals surface area contributed by atoms with E-state index in [0.717, 1.165) is 34.8 Å². The van der Waals surface area contributed by atoms with E-state index in [1.807, 2.05) is 30.3 Å². The van der Waals surface area contributed by atoms with Crippen molar-refractivity contribution in [2.24, 2.45) is 0 Å². The highest BCUT2D eigenvalue weighted by Gasteiger charge is 2.12. The van der Waals surface area contributed by atoms with Crippen molar-refractivity contribution >= 4 is 21.9 Å². The molecule has 0 unspecified atom stereocenters. The molecule has 0 radical (unpaired) electrons. The molecule has 1 aromatic carbocycles. The van der Waals surface area contributed by atoms with Crippen molar-refractivity contribution in [2.45, 2.75) is 19.8 Å². The molecule has 2 aromatic heterocycles. The van der Waals surface area contributed by atoms with Crippen LogP contribution < -0.4 is 4.74 Å². The summed E-state index contributed by atoms with van der Waals surface area (Å²) in [7, 11) is 0. The molecule has 2 heterocycles. The van der Waals surface area contributed by atoms with Crippen LogP contribution in [0.4, 0.5) is 0 Å². The Bertz CT molecular complexity index is 672. The highest BCUT2D eigenvalue weighted by Crippen LogP contribution is 2.33. The molecule has 0 N–H and O–H groups in total. The number of pyridine rings is 1. The van der Waals surface area contributed by atoms with Crippen molar-refractivity contribution in [2.75, 3.05) is 6.61 Å². The van der Waals surface area contributed by atoms with Crippen LogP contribution in [0.5, 0.6) is 5.88 Å². The first-order valence-electron chi connectivity index (χ1n) is 6.29. The smallest absolute Gasteiger partial charge is 0.225 e. The summed E-state index contributed by atoms with van der Waals surface area (Å²) >= 11 is 0. The number of hydrogen-bond donors (Lipinski definition) is 0. The molecule has 0 bridgehead atoms. The number of benzene rings is 1. The SMILES string of the molecule is CCCCOc1nccc2oc3ccccc3c12. The van der Waals surface area contributed by atoms with Gasteiger partial charge in [-0.2, -0.15) is 0 Å². The molecule has 0 aliphatic heterocycles. The zero-order valence-electron chi connectivity index (χ0n) is 10.3. The van der Waals surface area contributed by atoms with E-state index in [-0.39, 0.29) is 0 Å². The topological polar surface area (TPSA) is 35.3 Å². The number of fused-ring (bicyclic) bond motifs is 3. The third-order valence-corrected chi connectivity index (χ3v) is 2.99. The Hall–Kier alpha value is -2.03. The maximum absolute atomic E-state index is 5.78. The van der Waals surface area contributed by atoms with Gasteiger partial charge in [0.2, 0.25) is 5.88 Å². The molecule has 0 aliphatic rings. The van der Waals surface area contributed by atoms with Crippen molar-refractivity contribution in [1.29, 1.82) is 0 Å². The lowest BCUT2D eigenvalue weighted by Crippen LogP contribution is -1.98. The Morgan fingerprint density at radius 1 is 1.17 bits per heavy atom. The normalized spacial score (nSPS) is 11.2. The van der Waals surface area contributed by atoms with Crippen LogP contribution in [0, 0.1) is 0 Å². The largest absolute Gasteiger partial charge is 0.477 e. The lowest BCUT2D eigenvalue weighted by Gasteiger charge is -2.04. The highest BCUT2D eigenvalue weighted by molar-refractivity contribution is 6.07. The predicted molar refractivity (Wildman–Crippen MR) is 71.9 cm³/mol. The molecule has 0 saturated heterocycles. The first-order chi connectivity index (χ1) is 8.90. The van der Waals surface area contributed by atoms with Crippen LogP contribution in [-0.4, -0.2) is 11.6 Å². The Kier molecular flexibility index (Phi) is 2.89. The molecule has 3 aromatic rings. The number of furan rings is 1. The van der Waals surface area contributed by atoms with Crippen molar-refractivity contribution in [3.05, 3.63) is 36.5 Å². The summed E-state index contributed by atoms with van der Waals surface area (Å²) in [4.78, 5) is 4.32. The second-order valence-corrected chi connectivity index (χ2v) is 4.29. The standard InChI is InChI=1S/C15H15NO2/c1-2-3-10-17-15-14-11-6-4-5-7-12(11)18-13(14)8-9-16-15/h4-9H,2-3,10H2,1H3. The van der Waals surface area contributed by atoms with E-state index in [1.54, 1.807) is 6.20 Å². The Morgan fingerprint density at radius 3 is 2.94 bits per heavy atom. The van der Waals surface area contributed by atoms with Gasteiger partial charge < -0.3 is 9.15 Å². The summed E-state index contributed by atoms with van der Waals surface area (Å²) < 4.78 is 11.5. The third kappa shape index (κ3) is 1.82. The summed E-state index contributed by atoms with van der Waals surface area (Å²) in [5.41, 5.74) is 1.71. The number of hydrogen-bond acceptors (Lipinski definition) is 3. The summed E-state index contributed by atoms with van der Waals surface area (Å²) in [6, 6.07) is 9.85. The van der Waals surface area contributed by atoms with Crippen LogP contribution in [0.3, 0.4) is 0 Å². The fourth-order valence-electron chi connectivity index (χ4n) is 2.06. The zero-order chi connectivity index (χ0) is 12.4. The maximum atomic E-state index is 5.78. The quantitative estimate of drug-likeness (QED) is 0.643. The second kappa shape index (κ2) is 4.69. The van der Waals surface area contributed by atoms with Gasteiger partial charge in [0.05, 0.1) is 12.0 Å². The van der Waals surface area contributed by atoms with Crippen molar-refractivity contribution in [1.82, 2.24) is 4.98 Å². The molecule has 3 nitrogen and oxygen atoms in total. The molecular formula is C15H15NO2. The molecule has 0 amide bonds. The minimum atomic E-state index is 0.672. The molecule has 92 valence electrons. The fourth-order valence-corrected chi connectivity index (χ4v) is 2.06. The van der Waals surface area contributed by atoms with E-state index in [2.05, 4.69) is 11.9 Å². The van der Waals surface area contributed by atoms with E-state index in [9.17, 15) is 0 Å². The minimum absolute atomic E-state index is 0.672. The minimum Gasteiger partial charge on any atom is -0.477 e. The number of para-hydroxylation sites is 1. The van der Waals surface area contributed by atoms with Gasteiger partial charge >= 0.3 is 0 Å². The number of nitrogens with zero attached hydrogens (tertiary/aromatic N) is 1. The zero-order valence-corrected chi connectivity index (χ0v) is 10.3. The average Bonchev–Trinajstić information content (AvgIpc) is 2.78. The van der Waals surface area contributed by atoms with Crippen LogP contribution in [-0.2, 0) is 0 Å². The number of unbranched alkanes of at least 4 members (excludes halogenated alkanes) is 1. The number of ether oxygens (including phenoxy) is 1. The Morgan fingerprint density at radius 2 is 2.06 bits per heavy atom. The molecule has 0 atom stereocenters. The first-order valence-corrected chi connectivity index (χ1v) is 6.29. The van der Waals surface area contributed by atoms with Crippen molar-refractivity contribution < 1.29 is 9.15 Å². The van der Waals surface area contributed by atoms with E-state index in [0.29, 0.717) is 12.5 Å². The van der Waals surface area contributed by atoms with Gasteiger partial charge in [0.25, 0.3) is 0 Å². The third-order valence-electron chi connectivity index (χ3n) is 2.99. The van der Waals surface area contributed by atoms with Crippen LogP contribution in [0.25, 0.3) is 21.9 Å². The van der Waals surface area contributed by atoms with Crippen LogP contribution in [0.1, 0.15) is 19.8 Å². The van der Waals surface area contributed by atoms with Gasteiger partial charge in [-0.15, -0.1) is 0 Å². The van der Waals surface area contributed by atoms with Gasteiger partial charge in [0.1, 0.15) is 11.2 Å². The molecule has 0 saturated carbocycles. The average molecular weight is 241 g/mol. The van der Waals surface area contributed by atoms with Gasteiger partial charge in [-0.1, -0.05) is 31.5 Å². The number of aromatic nitrogens is 1. The van der Waals surface area contributed by atoms with Gasteiger partial charge in [-0.3, -0.25) is 0 Å². The van der Waals surface area contributed by atoms with Gasteiger partial charge in [0, 0.05) is 17.6 Å². The molecular weight excluding hydrogens is 226 g/mol. The van der Waals surface area contributed by atoms with E-state index in [4.69, 9.17) is 9.15 Å². The molecule has 18 heavy (non-hydrogen) atoms. The molecule has 0 fully saturated rings. The van der Waals surface area contributed by atoms with Crippen molar-refractivity contribution in [3.8, 4) is 5.88 Å². The molecule has 3 rings (SSSR count). The lowest BCUT2D eigenvalue weighted by molar-refractivity contribution is 0.302. The predicted octanol–water partition coefficient (Wildman–Crippen LogP) is 4.16. The summed E-state index contributed by atoms with van der Waals surface area (Å²) in [6.45, 7) is 2.84. The van der Waals surface area contributed by atoms with Crippen LogP contribution in [0.2, 0.25) is 0 Å². The maximum Gasteiger partial charge on any atom is 0.225 e. The summed E-state index contributed by atoms with van der Waals surface area (Å²) in [5, 5.41) is 2.04. The molecule has 0 spiro atoms. The number of rotatable bonds is 4. The lowest BCUT2D eigenvalue weighted by atomic mass is 10.2. The Balaban J connectivity index is 2.13. The van der Waals surface area contributed by atoms with Gasteiger partial charge in [0.15, 0.2) is 0 Å². The monoisotopic (exact) mass is 241 g/mol. The van der Waals surface area contributed by atoms with Gasteiger partial charge in [-0.25, -0.2) is 4.98 Å².